The molecule has 0 radical (unpaired) electrons. The van der Waals surface area contributed by atoms with Crippen molar-refractivity contribution in [1.29, 1.82) is 0 Å². The number of nitrogens with one attached hydrogen (secondary N) is 1. The van der Waals surface area contributed by atoms with E-state index in [0.29, 0.717) is 6.04 Å². The number of aromatic nitrogens is 1. The lowest BCUT2D eigenvalue weighted by molar-refractivity contribution is 0.0232. The van der Waals surface area contributed by atoms with Crippen molar-refractivity contribution in [2.24, 2.45) is 0 Å². The van der Waals surface area contributed by atoms with Gasteiger partial charge in [-0.2, -0.15) is 0 Å². The van der Waals surface area contributed by atoms with Gasteiger partial charge in [0.05, 0.1) is 0 Å². The van der Waals surface area contributed by atoms with Gasteiger partial charge < -0.3 is 29.2 Å². The molecular formula is C26H42N4O3. The van der Waals surface area contributed by atoms with Gasteiger partial charge in [0.2, 0.25) is 6.79 Å². The van der Waals surface area contributed by atoms with Gasteiger partial charge in [-0.25, -0.2) is 4.79 Å². The third kappa shape index (κ3) is 6.87. The fourth-order valence-electron chi connectivity index (χ4n) is 4.81. The van der Waals surface area contributed by atoms with E-state index in [2.05, 4.69) is 28.9 Å². The van der Waals surface area contributed by atoms with Crippen LogP contribution < -0.4 is 4.74 Å². The maximum atomic E-state index is 12.5. The first-order chi connectivity index (χ1) is 16.1. The van der Waals surface area contributed by atoms with Crippen LogP contribution in [0, 0.1) is 0 Å². The number of ether oxygens (including phenoxy) is 2. The number of hydrogen-bond acceptors (Lipinski definition) is 5. The summed E-state index contributed by atoms with van der Waals surface area (Å²) in [6.07, 6.45) is 8.75. The van der Waals surface area contributed by atoms with Crippen LogP contribution in [0.15, 0.2) is 24.4 Å². The number of nitrogens with zero attached hydrogens (tertiary/aromatic N) is 3. The number of aromatic amines is 1. The second-order valence-electron chi connectivity index (χ2n) is 9.03. The summed E-state index contributed by atoms with van der Waals surface area (Å²) in [5.74, 6) is 0.754. The molecule has 0 spiro atoms. The monoisotopic (exact) mass is 458 g/mol. The maximum absolute atomic E-state index is 12.5. The van der Waals surface area contributed by atoms with E-state index in [4.69, 9.17) is 9.47 Å². The van der Waals surface area contributed by atoms with Crippen molar-refractivity contribution >= 4 is 17.0 Å². The Bertz CT molecular complexity index is 852. The SMILES string of the molecule is CC.CN(C)CCc1c[nH]c2cccc(OCOC(=O)N3CCC(N4CCCCC4)CC3)c12. The Balaban J connectivity index is 0.00000149. The van der Waals surface area contributed by atoms with Crippen molar-refractivity contribution in [3.63, 3.8) is 0 Å². The minimum atomic E-state index is -0.272. The summed E-state index contributed by atoms with van der Waals surface area (Å²) in [6.45, 7) is 8.85. The first-order valence-electron chi connectivity index (χ1n) is 12.6. The Morgan fingerprint density at radius 2 is 1.82 bits per heavy atom. The van der Waals surface area contributed by atoms with Gasteiger partial charge in [0.25, 0.3) is 0 Å². The van der Waals surface area contributed by atoms with Gasteiger partial charge >= 0.3 is 6.09 Å². The predicted molar refractivity (Wildman–Crippen MR) is 134 cm³/mol. The van der Waals surface area contributed by atoms with Crippen molar-refractivity contribution in [2.75, 3.05) is 53.6 Å². The summed E-state index contributed by atoms with van der Waals surface area (Å²) < 4.78 is 11.4. The van der Waals surface area contributed by atoms with Crippen molar-refractivity contribution in [3.05, 3.63) is 30.0 Å². The maximum Gasteiger partial charge on any atom is 0.412 e. The van der Waals surface area contributed by atoms with Crippen molar-refractivity contribution in [2.45, 2.75) is 58.4 Å². The lowest BCUT2D eigenvalue weighted by Crippen LogP contribution is -2.48. The highest BCUT2D eigenvalue weighted by molar-refractivity contribution is 5.89. The van der Waals surface area contributed by atoms with Gasteiger partial charge in [0.15, 0.2) is 0 Å². The molecule has 33 heavy (non-hydrogen) atoms. The van der Waals surface area contributed by atoms with E-state index in [1.165, 1.54) is 37.9 Å². The summed E-state index contributed by atoms with van der Waals surface area (Å²) in [7, 11) is 4.14. The average molecular weight is 459 g/mol. The number of H-pyrrole nitrogens is 1. The van der Waals surface area contributed by atoms with Gasteiger partial charge in [-0.1, -0.05) is 26.3 Å². The fraction of sp³-hybridized carbons (Fsp3) is 0.654. The van der Waals surface area contributed by atoms with E-state index in [9.17, 15) is 4.79 Å². The third-order valence-corrected chi connectivity index (χ3v) is 6.60. The van der Waals surface area contributed by atoms with Crippen molar-refractivity contribution < 1.29 is 14.3 Å². The molecule has 0 unspecified atom stereocenters. The van der Waals surface area contributed by atoms with E-state index in [1.807, 2.05) is 43.1 Å². The Hall–Kier alpha value is -2.25. The molecule has 0 bridgehead atoms. The zero-order valence-electron chi connectivity index (χ0n) is 20.9. The molecule has 2 aromatic rings. The van der Waals surface area contributed by atoms with Gasteiger partial charge in [-0.15, -0.1) is 0 Å². The average Bonchev–Trinajstić information content (AvgIpc) is 3.28. The predicted octanol–water partition coefficient (Wildman–Crippen LogP) is 4.72. The molecule has 2 fully saturated rings. The molecular weight excluding hydrogens is 416 g/mol. The quantitative estimate of drug-likeness (QED) is 0.608. The summed E-state index contributed by atoms with van der Waals surface area (Å²) >= 11 is 0. The van der Waals surface area contributed by atoms with Gasteiger partial charge in [0, 0.05) is 42.8 Å². The molecule has 1 aromatic heterocycles. The minimum absolute atomic E-state index is 0.0672. The summed E-state index contributed by atoms with van der Waals surface area (Å²) in [5.41, 5.74) is 2.25. The van der Waals surface area contributed by atoms with Crippen LogP contribution >= 0.6 is 0 Å². The highest BCUT2D eigenvalue weighted by atomic mass is 16.7. The summed E-state index contributed by atoms with van der Waals surface area (Å²) in [6, 6.07) is 6.55. The van der Waals surface area contributed by atoms with Crippen LogP contribution in [0.25, 0.3) is 10.9 Å². The number of benzene rings is 1. The number of carbonyl (C=O) groups excluding carboxylic acids is 1. The number of piperidine rings is 2. The zero-order valence-corrected chi connectivity index (χ0v) is 20.9. The zero-order chi connectivity index (χ0) is 23.6. The molecule has 2 saturated heterocycles. The Morgan fingerprint density at radius 3 is 2.52 bits per heavy atom. The normalized spacial score (nSPS) is 17.7. The van der Waals surface area contributed by atoms with E-state index in [1.54, 1.807) is 0 Å². The molecule has 7 heteroatoms. The Morgan fingerprint density at radius 1 is 1.09 bits per heavy atom. The van der Waals surface area contributed by atoms with E-state index in [0.717, 1.165) is 55.5 Å². The third-order valence-electron chi connectivity index (χ3n) is 6.60. The molecule has 4 rings (SSSR count). The Kier molecular flexibility index (Phi) is 9.88. The molecule has 1 aromatic carbocycles. The van der Waals surface area contributed by atoms with Crippen LogP contribution in [-0.2, 0) is 11.2 Å². The molecule has 1 amide bonds. The van der Waals surface area contributed by atoms with Crippen LogP contribution in [-0.4, -0.2) is 85.4 Å². The molecule has 1 N–H and O–H groups in total. The van der Waals surface area contributed by atoms with Gasteiger partial charge in [0.1, 0.15) is 5.75 Å². The first kappa shape index (κ1) is 25.4. The van der Waals surface area contributed by atoms with E-state index < -0.39 is 0 Å². The number of likely N-dealkylation sites (tertiary alicyclic amines) is 2. The van der Waals surface area contributed by atoms with Crippen LogP contribution in [0.1, 0.15) is 51.5 Å². The topological polar surface area (TPSA) is 61.0 Å². The number of amides is 1. The van der Waals surface area contributed by atoms with Crippen molar-refractivity contribution in [3.8, 4) is 5.75 Å². The molecule has 3 heterocycles. The standard InChI is InChI=1S/C24H36N4O3.C2H6/c1-26(2)14-9-19-17-25-21-7-6-8-22(23(19)21)30-18-31-24(29)28-15-10-20(11-16-28)27-12-4-3-5-13-27;1-2/h6-8,17,20,25H,3-5,9-16,18H2,1-2H3;1-2H3. The largest absolute Gasteiger partial charge is 0.457 e. The molecule has 184 valence electrons. The second-order valence-corrected chi connectivity index (χ2v) is 9.03. The number of likely N-dealkylation sites (N-methyl/N-ethyl adjacent to an activating group) is 1. The smallest absolute Gasteiger partial charge is 0.412 e. The number of carbonyl (C=O) groups is 1. The van der Waals surface area contributed by atoms with Crippen molar-refractivity contribution in [1.82, 2.24) is 19.7 Å². The molecule has 0 atom stereocenters. The van der Waals surface area contributed by atoms with Gasteiger partial charge in [-0.3, -0.25) is 0 Å². The molecule has 2 aliphatic rings. The van der Waals surface area contributed by atoms with Crippen LogP contribution in [0.5, 0.6) is 5.75 Å². The lowest BCUT2D eigenvalue weighted by atomic mass is 10.0. The van der Waals surface area contributed by atoms with Crippen LogP contribution in [0.3, 0.4) is 0 Å². The number of fused-ring (bicyclic) bond motifs is 1. The minimum Gasteiger partial charge on any atom is -0.457 e. The number of rotatable bonds is 7. The summed E-state index contributed by atoms with van der Waals surface area (Å²) in [5, 5.41) is 1.07. The molecule has 0 aliphatic carbocycles. The Labute approximate surface area is 199 Å². The fourth-order valence-corrected chi connectivity index (χ4v) is 4.81. The summed E-state index contributed by atoms with van der Waals surface area (Å²) in [4.78, 5) is 22.4. The van der Waals surface area contributed by atoms with Gasteiger partial charge in [-0.05, 0) is 77.0 Å². The second kappa shape index (κ2) is 12.8. The molecule has 0 saturated carbocycles. The molecule has 2 aliphatic heterocycles. The highest BCUT2D eigenvalue weighted by Crippen LogP contribution is 2.29. The van der Waals surface area contributed by atoms with E-state index >= 15 is 0 Å². The first-order valence-corrected chi connectivity index (χ1v) is 12.6. The highest BCUT2D eigenvalue weighted by Gasteiger charge is 2.28. The molecule has 7 nitrogen and oxygen atoms in total. The lowest BCUT2D eigenvalue weighted by Gasteiger charge is -2.39. The van der Waals surface area contributed by atoms with E-state index in [-0.39, 0.29) is 12.9 Å². The van der Waals surface area contributed by atoms with Crippen LogP contribution in [0.4, 0.5) is 4.79 Å². The van der Waals surface area contributed by atoms with Crippen LogP contribution in [0.2, 0.25) is 0 Å². The number of hydrogen-bond donors (Lipinski definition) is 1.